The molecule has 1 aliphatic rings. The first-order valence-electron chi connectivity index (χ1n) is 19.9. The van der Waals surface area contributed by atoms with E-state index >= 15 is 0 Å². The fourth-order valence-corrected chi connectivity index (χ4v) is 9.23. The van der Waals surface area contributed by atoms with Gasteiger partial charge in [-0.25, -0.2) is 0 Å². The number of hydrogen-bond acceptors (Lipinski definition) is 3. The Morgan fingerprint density at radius 2 is 1.20 bits per heavy atom. The van der Waals surface area contributed by atoms with Crippen LogP contribution in [-0.2, 0) is 16.2 Å². The molecule has 0 N–H and O–H groups in total. The summed E-state index contributed by atoms with van der Waals surface area (Å²) in [6, 6.07) is 50.6. The van der Waals surface area contributed by atoms with Gasteiger partial charge in [0.1, 0.15) is 22.3 Å². The number of fused-ring (bicyclic) bond motifs is 10. The highest BCUT2D eigenvalue weighted by Gasteiger charge is 2.41. The molecule has 9 aromatic rings. The van der Waals surface area contributed by atoms with Gasteiger partial charge >= 0.3 is 0 Å². The van der Waals surface area contributed by atoms with Crippen LogP contribution in [0.2, 0.25) is 0 Å². The molecule has 0 radical (unpaired) electrons. The summed E-state index contributed by atoms with van der Waals surface area (Å²) in [5.41, 5.74) is 16.6. The van der Waals surface area contributed by atoms with E-state index in [1.807, 2.05) is 6.07 Å². The van der Waals surface area contributed by atoms with Crippen molar-refractivity contribution in [1.29, 1.82) is 0 Å². The maximum absolute atomic E-state index is 7.17. The molecule has 56 heavy (non-hydrogen) atoms. The lowest BCUT2D eigenvalue weighted by Crippen LogP contribution is -2.20. The van der Waals surface area contributed by atoms with E-state index in [4.69, 9.17) is 8.83 Å². The lowest BCUT2D eigenvalue weighted by molar-refractivity contribution is 0.559. The molecule has 3 nitrogen and oxygen atoms in total. The normalized spacial score (nSPS) is 13.9. The quantitative estimate of drug-likeness (QED) is 0.181. The van der Waals surface area contributed by atoms with Crippen LogP contribution in [0.25, 0.3) is 66.1 Å². The topological polar surface area (TPSA) is 29.5 Å². The lowest BCUT2D eigenvalue weighted by atomic mass is 9.79. The molecule has 276 valence electrons. The fourth-order valence-electron chi connectivity index (χ4n) is 9.23. The molecule has 0 aliphatic heterocycles. The second kappa shape index (κ2) is 12.0. The predicted molar refractivity (Wildman–Crippen MR) is 236 cm³/mol. The van der Waals surface area contributed by atoms with Gasteiger partial charge < -0.3 is 13.7 Å². The van der Waals surface area contributed by atoms with Crippen molar-refractivity contribution in [2.24, 2.45) is 0 Å². The van der Waals surface area contributed by atoms with Crippen LogP contribution < -0.4 is 4.90 Å². The van der Waals surface area contributed by atoms with Crippen LogP contribution in [-0.4, -0.2) is 0 Å². The summed E-state index contributed by atoms with van der Waals surface area (Å²) < 4.78 is 13.6. The number of anilines is 3. The van der Waals surface area contributed by atoms with E-state index < -0.39 is 0 Å². The van der Waals surface area contributed by atoms with Crippen molar-refractivity contribution < 1.29 is 8.83 Å². The molecule has 0 unspecified atom stereocenters. The average Bonchev–Trinajstić information content (AvgIpc) is 3.83. The van der Waals surface area contributed by atoms with Gasteiger partial charge in [0.2, 0.25) is 0 Å². The maximum atomic E-state index is 7.17. The molecule has 0 amide bonds. The van der Waals surface area contributed by atoms with Gasteiger partial charge in [0.15, 0.2) is 0 Å². The van der Waals surface area contributed by atoms with Gasteiger partial charge in [-0.2, -0.15) is 0 Å². The Bertz CT molecular complexity index is 3000. The number of hydrogen-bond donors (Lipinski definition) is 0. The van der Waals surface area contributed by atoms with Crippen molar-refractivity contribution >= 4 is 60.9 Å². The molecule has 0 bridgehead atoms. The van der Waals surface area contributed by atoms with E-state index in [9.17, 15) is 0 Å². The number of para-hydroxylation sites is 1. The van der Waals surface area contributed by atoms with Crippen LogP contribution in [0.4, 0.5) is 17.1 Å². The summed E-state index contributed by atoms with van der Waals surface area (Å²) in [6.07, 6.45) is 0. The van der Waals surface area contributed by atoms with Gasteiger partial charge in [0.05, 0.1) is 16.8 Å². The van der Waals surface area contributed by atoms with E-state index in [1.165, 1.54) is 55.3 Å². The number of furan rings is 2. The van der Waals surface area contributed by atoms with E-state index in [1.54, 1.807) is 0 Å². The minimum Gasteiger partial charge on any atom is -0.456 e. The Morgan fingerprint density at radius 1 is 0.518 bits per heavy atom. The standard InChI is InChI=1S/C53H47NO2/c1-51(2,3)34-30-39-36-28-29-40-46(50(36)56-49(39)41(31-34)52(4,5)6)38-19-14-21-43(48(38)53(40,7)8)54(35-26-24-33(25-27-35)32-16-10-9-11-17-32)42-20-15-23-45-47(42)37-18-12-13-22-44(37)55-45/h9-31H,1-8H3. The first-order valence-corrected chi connectivity index (χ1v) is 19.9. The zero-order chi connectivity index (χ0) is 38.7. The van der Waals surface area contributed by atoms with E-state index in [2.05, 4.69) is 194 Å². The second-order valence-electron chi connectivity index (χ2n) is 18.2. The minimum atomic E-state index is -0.327. The molecule has 0 atom stereocenters. The molecule has 0 fully saturated rings. The van der Waals surface area contributed by atoms with Crippen molar-refractivity contribution in [3.8, 4) is 22.3 Å². The Kier molecular flexibility index (Phi) is 7.36. The van der Waals surface area contributed by atoms with Crippen molar-refractivity contribution in [1.82, 2.24) is 0 Å². The van der Waals surface area contributed by atoms with Gasteiger partial charge in [-0.15, -0.1) is 0 Å². The molecular weight excluding hydrogens is 683 g/mol. The minimum absolute atomic E-state index is 0.00390. The molecular formula is C53H47NO2. The third-order valence-electron chi connectivity index (χ3n) is 12.1. The maximum Gasteiger partial charge on any atom is 0.143 e. The Morgan fingerprint density at radius 3 is 1.95 bits per heavy atom. The number of nitrogens with zero attached hydrogens (tertiary/aromatic N) is 1. The van der Waals surface area contributed by atoms with Crippen LogP contribution in [0.15, 0.2) is 148 Å². The molecule has 0 spiro atoms. The lowest BCUT2D eigenvalue weighted by Gasteiger charge is -2.32. The van der Waals surface area contributed by atoms with E-state index in [0.717, 1.165) is 50.2 Å². The monoisotopic (exact) mass is 729 g/mol. The molecule has 10 rings (SSSR count). The number of benzene rings is 7. The highest BCUT2D eigenvalue weighted by molar-refractivity contribution is 6.15. The van der Waals surface area contributed by atoms with Crippen LogP contribution >= 0.6 is 0 Å². The summed E-state index contributed by atoms with van der Waals surface area (Å²) in [7, 11) is 0. The first kappa shape index (κ1) is 34.4. The van der Waals surface area contributed by atoms with Gasteiger partial charge in [-0.1, -0.05) is 152 Å². The average molecular weight is 730 g/mol. The van der Waals surface area contributed by atoms with Crippen LogP contribution in [0.5, 0.6) is 0 Å². The molecule has 3 heteroatoms. The fraction of sp³-hybridized carbons (Fsp3) is 0.208. The zero-order valence-electron chi connectivity index (χ0n) is 33.5. The predicted octanol–water partition coefficient (Wildman–Crippen LogP) is 15.5. The highest BCUT2D eigenvalue weighted by atomic mass is 16.3. The van der Waals surface area contributed by atoms with Crippen molar-refractivity contribution in [2.45, 2.75) is 71.6 Å². The Labute approximate surface area is 329 Å². The summed E-state index contributed by atoms with van der Waals surface area (Å²) in [5.74, 6) is 0. The van der Waals surface area contributed by atoms with Crippen molar-refractivity contribution in [2.75, 3.05) is 4.90 Å². The summed E-state index contributed by atoms with van der Waals surface area (Å²) in [4.78, 5) is 2.45. The van der Waals surface area contributed by atoms with Crippen molar-refractivity contribution in [3.63, 3.8) is 0 Å². The van der Waals surface area contributed by atoms with E-state index in [0.29, 0.717) is 0 Å². The molecule has 1 aliphatic carbocycles. The van der Waals surface area contributed by atoms with Crippen LogP contribution in [0.1, 0.15) is 77.6 Å². The smallest absolute Gasteiger partial charge is 0.143 e. The van der Waals surface area contributed by atoms with Crippen LogP contribution in [0.3, 0.4) is 0 Å². The SMILES string of the molecule is CC(C)(C)c1cc(C(C)(C)C)c2oc3c4c(ccc3c2c1)C(C)(C)c1c-4cccc1N(c1ccc(-c2ccccc2)cc1)c1cccc2oc3ccccc3c12. The second-order valence-corrected chi connectivity index (χ2v) is 18.2. The molecule has 0 saturated heterocycles. The summed E-state index contributed by atoms with van der Waals surface area (Å²) in [6.45, 7) is 18.5. The third-order valence-corrected chi connectivity index (χ3v) is 12.1. The summed E-state index contributed by atoms with van der Waals surface area (Å²) in [5, 5.41) is 4.58. The van der Waals surface area contributed by atoms with Gasteiger partial charge in [-0.05, 0) is 86.7 Å². The van der Waals surface area contributed by atoms with Gasteiger partial charge in [-0.3, -0.25) is 0 Å². The highest BCUT2D eigenvalue weighted by Crippen LogP contribution is 2.58. The third kappa shape index (κ3) is 5.10. The summed E-state index contributed by atoms with van der Waals surface area (Å²) >= 11 is 0. The zero-order valence-corrected chi connectivity index (χ0v) is 33.5. The Hall–Kier alpha value is -6.06. The number of rotatable bonds is 4. The molecule has 2 aromatic heterocycles. The first-order chi connectivity index (χ1) is 26.8. The van der Waals surface area contributed by atoms with Crippen LogP contribution in [0, 0.1) is 0 Å². The molecule has 0 saturated carbocycles. The largest absolute Gasteiger partial charge is 0.456 e. The molecule has 2 heterocycles. The van der Waals surface area contributed by atoms with Gasteiger partial charge in [0.25, 0.3) is 0 Å². The Balaban J connectivity index is 1.25. The van der Waals surface area contributed by atoms with Gasteiger partial charge in [0, 0.05) is 38.4 Å². The van der Waals surface area contributed by atoms with E-state index in [-0.39, 0.29) is 16.2 Å². The van der Waals surface area contributed by atoms with Crippen molar-refractivity contribution in [3.05, 3.63) is 162 Å². The molecule has 7 aromatic carbocycles.